The van der Waals surface area contributed by atoms with Gasteiger partial charge in [-0.15, -0.1) is 0 Å². The first-order valence-electron chi connectivity index (χ1n) is 8.38. The molecule has 0 spiro atoms. The van der Waals surface area contributed by atoms with Crippen molar-refractivity contribution in [2.24, 2.45) is 0 Å². The summed E-state index contributed by atoms with van der Waals surface area (Å²) in [5.74, 6) is 0.169. The van der Waals surface area contributed by atoms with Gasteiger partial charge in [0.25, 0.3) is 0 Å². The van der Waals surface area contributed by atoms with Gasteiger partial charge in [0.15, 0.2) is 0 Å². The Morgan fingerprint density at radius 1 is 1.50 bits per heavy atom. The number of rotatable bonds is 5. The van der Waals surface area contributed by atoms with Crippen LogP contribution in [0.3, 0.4) is 0 Å². The fourth-order valence-electron chi connectivity index (χ4n) is 2.87. The summed E-state index contributed by atoms with van der Waals surface area (Å²) in [4.78, 5) is 31.4. The minimum Gasteiger partial charge on any atom is -0.480 e. The lowest BCUT2D eigenvalue weighted by Crippen LogP contribution is -2.54. The van der Waals surface area contributed by atoms with E-state index in [2.05, 4.69) is 10.3 Å². The third-order valence-electron chi connectivity index (χ3n) is 4.32. The van der Waals surface area contributed by atoms with E-state index in [1.54, 1.807) is 26.4 Å². The summed E-state index contributed by atoms with van der Waals surface area (Å²) in [6, 6.07) is 1.38. The summed E-state index contributed by atoms with van der Waals surface area (Å²) in [7, 11) is 4.77. The predicted molar refractivity (Wildman–Crippen MR) is 97.1 cm³/mol. The summed E-state index contributed by atoms with van der Waals surface area (Å²) in [6.45, 7) is 0.910. The third kappa shape index (κ3) is 5.22. The molecule has 1 aliphatic rings. The molecule has 3 amide bonds. The number of likely N-dealkylation sites (tertiary alicyclic amines) is 1. The van der Waals surface area contributed by atoms with Crippen molar-refractivity contribution < 1.29 is 19.4 Å². The van der Waals surface area contributed by atoms with Gasteiger partial charge < -0.3 is 25.0 Å². The number of piperidine rings is 1. The van der Waals surface area contributed by atoms with Crippen LogP contribution in [0.15, 0.2) is 12.3 Å². The number of methoxy groups -OCH3 is 1. The molecular weight excluding hydrogens is 360 g/mol. The van der Waals surface area contributed by atoms with E-state index < -0.39 is 5.60 Å². The molecule has 2 N–H and O–H groups in total. The maximum Gasteiger partial charge on any atom is 0.317 e. The summed E-state index contributed by atoms with van der Waals surface area (Å²) >= 11 is 6.03. The lowest BCUT2D eigenvalue weighted by Gasteiger charge is -2.39. The zero-order valence-corrected chi connectivity index (χ0v) is 16.0. The number of pyridine rings is 1. The lowest BCUT2D eigenvalue weighted by molar-refractivity contribution is -0.135. The summed E-state index contributed by atoms with van der Waals surface area (Å²) in [6.07, 6.45) is 2.71. The minimum atomic E-state index is -1.19. The van der Waals surface area contributed by atoms with E-state index in [1.807, 2.05) is 0 Å². The molecule has 9 heteroatoms. The van der Waals surface area contributed by atoms with Gasteiger partial charge in [0.1, 0.15) is 5.02 Å². The Labute approximate surface area is 158 Å². The zero-order valence-electron chi connectivity index (χ0n) is 15.3. The Morgan fingerprint density at radius 2 is 2.23 bits per heavy atom. The number of carbonyl (C=O) groups is 2. The molecule has 0 bridgehead atoms. The quantitative estimate of drug-likeness (QED) is 0.796. The number of hydrogen-bond acceptors (Lipinski definition) is 5. The van der Waals surface area contributed by atoms with Gasteiger partial charge in [-0.3, -0.25) is 4.79 Å². The molecule has 144 valence electrons. The fourth-order valence-corrected chi connectivity index (χ4v) is 3.14. The normalized spacial score (nSPS) is 19.8. The summed E-state index contributed by atoms with van der Waals surface area (Å²) in [5, 5.41) is 13.8. The second-order valence-corrected chi connectivity index (χ2v) is 7.11. The molecule has 2 heterocycles. The van der Waals surface area contributed by atoms with Crippen LogP contribution in [0.4, 0.5) is 4.79 Å². The molecule has 1 aliphatic heterocycles. The number of nitrogens with zero attached hydrogens (tertiary/aromatic N) is 3. The Morgan fingerprint density at radius 3 is 2.85 bits per heavy atom. The number of carbonyl (C=O) groups excluding carboxylic acids is 2. The molecule has 8 nitrogen and oxygen atoms in total. The van der Waals surface area contributed by atoms with Crippen LogP contribution in [0.5, 0.6) is 5.88 Å². The van der Waals surface area contributed by atoms with E-state index in [0.29, 0.717) is 30.3 Å². The summed E-state index contributed by atoms with van der Waals surface area (Å²) in [5.41, 5.74) is -0.457. The van der Waals surface area contributed by atoms with Gasteiger partial charge in [0.05, 0.1) is 25.7 Å². The number of aromatic nitrogens is 1. The topological polar surface area (TPSA) is 95.0 Å². The number of aliphatic hydroxyl groups is 1. The van der Waals surface area contributed by atoms with Crippen molar-refractivity contribution in [1.29, 1.82) is 0 Å². The molecule has 1 fully saturated rings. The molecule has 1 atom stereocenters. The molecule has 0 radical (unpaired) electrons. The Hall–Kier alpha value is -2.06. The molecule has 26 heavy (non-hydrogen) atoms. The summed E-state index contributed by atoms with van der Waals surface area (Å²) < 4.78 is 4.99. The first-order valence-corrected chi connectivity index (χ1v) is 8.75. The molecule has 0 aromatic carbocycles. The van der Waals surface area contributed by atoms with Crippen molar-refractivity contribution in [2.75, 3.05) is 34.3 Å². The second-order valence-electron chi connectivity index (χ2n) is 6.71. The van der Waals surface area contributed by atoms with Gasteiger partial charge >= 0.3 is 6.03 Å². The standard InChI is InChI=1S/C17H25ClN4O4/c1-21(2)14(23)8-17(25)5-4-6-22(11-17)16(24)20-10-12-7-13(18)15(26-3)19-9-12/h7,9,25H,4-6,8,10-11H2,1-3H3,(H,20,24). The smallest absolute Gasteiger partial charge is 0.317 e. The van der Waals surface area contributed by atoms with Crippen molar-refractivity contribution >= 4 is 23.5 Å². The second kappa shape index (κ2) is 8.55. The van der Waals surface area contributed by atoms with Crippen LogP contribution in [0.25, 0.3) is 0 Å². The third-order valence-corrected chi connectivity index (χ3v) is 4.59. The highest BCUT2D eigenvalue weighted by molar-refractivity contribution is 6.31. The van der Waals surface area contributed by atoms with Crippen LogP contribution in [-0.4, -0.2) is 71.7 Å². The first-order chi connectivity index (χ1) is 12.2. The Balaban J connectivity index is 1.92. The zero-order chi connectivity index (χ0) is 19.3. The van der Waals surface area contributed by atoms with Crippen LogP contribution in [0.2, 0.25) is 5.02 Å². The maximum atomic E-state index is 12.4. The lowest BCUT2D eigenvalue weighted by atomic mass is 9.89. The Kier molecular flexibility index (Phi) is 6.66. The molecular formula is C17H25ClN4O4. The number of ether oxygens (including phenoxy) is 1. The number of β-amino-alcohol motifs (C(OH)–C–C–N with tert-alkyl or cyclic N) is 1. The van der Waals surface area contributed by atoms with Crippen LogP contribution < -0.4 is 10.1 Å². The highest BCUT2D eigenvalue weighted by Gasteiger charge is 2.37. The van der Waals surface area contributed by atoms with Gasteiger partial charge in [-0.25, -0.2) is 9.78 Å². The molecule has 0 saturated carbocycles. The van der Waals surface area contributed by atoms with Gasteiger partial charge in [-0.2, -0.15) is 0 Å². The van der Waals surface area contributed by atoms with Gasteiger partial charge in [0.2, 0.25) is 11.8 Å². The van der Waals surface area contributed by atoms with Crippen LogP contribution in [0, 0.1) is 0 Å². The fraction of sp³-hybridized carbons (Fsp3) is 0.588. The van der Waals surface area contributed by atoms with Crippen molar-refractivity contribution in [3.8, 4) is 5.88 Å². The van der Waals surface area contributed by atoms with E-state index >= 15 is 0 Å². The van der Waals surface area contributed by atoms with E-state index in [9.17, 15) is 14.7 Å². The van der Waals surface area contributed by atoms with Gasteiger partial charge in [0, 0.05) is 33.4 Å². The Bertz CT molecular complexity index is 670. The van der Waals surface area contributed by atoms with E-state index in [-0.39, 0.29) is 31.4 Å². The molecule has 1 unspecified atom stereocenters. The molecule has 0 aliphatic carbocycles. The largest absolute Gasteiger partial charge is 0.480 e. The molecule has 2 rings (SSSR count). The van der Waals surface area contributed by atoms with Crippen molar-refractivity contribution in [1.82, 2.24) is 20.1 Å². The van der Waals surface area contributed by atoms with Crippen molar-refractivity contribution in [3.05, 3.63) is 22.8 Å². The highest BCUT2D eigenvalue weighted by Crippen LogP contribution is 2.25. The van der Waals surface area contributed by atoms with Crippen LogP contribution in [-0.2, 0) is 11.3 Å². The highest BCUT2D eigenvalue weighted by atomic mass is 35.5. The number of nitrogens with one attached hydrogen (secondary N) is 1. The number of hydrogen-bond donors (Lipinski definition) is 2. The number of urea groups is 1. The van der Waals surface area contributed by atoms with Crippen molar-refractivity contribution in [3.63, 3.8) is 0 Å². The van der Waals surface area contributed by atoms with E-state index in [0.717, 1.165) is 5.56 Å². The van der Waals surface area contributed by atoms with Crippen LogP contribution >= 0.6 is 11.6 Å². The van der Waals surface area contributed by atoms with Gasteiger partial charge in [-0.05, 0) is 24.5 Å². The van der Waals surface area contributed by atoms with Gasteiger partial charge in [-0.1, -0.05) is 11.6 Å². The van der Waals surface area contributed by atoms with Crippen molar-refractivity contribution in [2.45, 2.75) is 31.4 Å². The molecule has 1 aromatic rings. The SMILES string of the molecule is COc1ncc(CNC(=O)N2CCCC(O)(CC(=O)N(C)C)C2)cc1Cl. The minimum absolute atomic E-state index is 0.00177. The number of halogens is 1. The number of amides is 3. The average molecular weight is 385 g/mol. The predicted octanol–water partition coefficient (Wildman–Crippen LogP) is 1.26. The van der Waals surface area contributed by atoms with E-state index in [1.165, 1.54) is 16.9 Å². The van der Waals surface area contributed by atoms with E-state index in [4.69, 9.17) is 16.3 Å². The van der Waals surface area contributed by atoms with Crippen LogP contribution in [0.1, 0.15) is 24.8 Å². The maximum absolute atomic E-state index is 12.4. The average Bonchev–Trinajstić information content (AvgIpc) is 2.59. The first kappa shape index (κ1) is 20.3. The molecule has 1 saturated heterocycles. The molecule has 1 aromatic heterocycles. The monoisotopic (exact) mass is 384 g/mol.